The number of anilines is 2. The van der Waals surface area contributed by atoms with Crippen LogP contribution in [0.2, 0.25) is 15.1 Å². The third kappa shape index (κ3) is 5.03. The van der Waals surface area contributed by atoms with Crippen LogP contribution in [0.1, 0.15) is 5.56 Å². The van der Waals surface area contributed by atoms with E-state index in [-0.39, 0.29) is 22.4 Å². The molecule has 27 heavy (non-hydrogen) atoms. The molecule has 0 aliphatic heterocycles. The molecule has 0 fully saturated rings. The summed E-state index contributed by atoms with van der Waals surface area (Å²) in [5.41, 5.74) is 0.990. The molecule has 11 heteroatoms. The highest BCUT2D eigenvalue weighted by Crippen LogP contribution is 2.30. The van der Waals surface area contributed by atoms with E-state index in [0.29, 0.717) is 10.0 Å². The second kappa shape index (κ2) is 8.20. The fraction of sp³-hybridized carbons (Fsp3) is 0.0625. The molecule has 0 aliphatic carbocycles. The molecule has 0 saturated carbocycles. The van der Waals surface area contributed by atoms with Crippen LogP contribution < -0.4 is 10.0 Å². The van der Waals surface area contributed by atoms with Crippen molar-refractivity contribution in [2.24, 2.45) is 0 Å². The monoisotopic (exact) mass is 465 g/mol. The van der Waals surface area contributed by atoms with Crippen molar-refractivity contribution in [3.63, 3.8) is 0 Å². The SMILES string of the molecule is O=S(=O)(Nc1nccs1)c1cc(Cl)c(NCc2cc(Cl)cc(Cl)c2)cc1F. The number of hydrogen-bond acceptors (Lipinski definition) is 5. The number of nitrogens with zero attached hydrogens (tertiary/aromatic N) is 1. The molecule has 3 rings (SSSR count). The van der Waals surface area contributed by atoms with Gasteiger partial charge in [-0.3, -0.25) is 4.72 Å². The Morgan fingerprint density at radius 1 is 1.07 bits per heavy atom. The van der Waals surface area contributed by atoms with E-state index in [0.717, 1.165) is 29.0 Å². The van der Waals surface area contributed by atoms with Crippen molar-refractivity contribution in [2.45, 2.75) is 11.4 Å². The molecular formula is C16H11Cl3FN3O2S2. The molecule has 0 radical (unpaired) electrons. The van der Waals surface area contributed by atoms with Gasteiger partial charge >= 0.3 is 0 Å². The molecule has 2 aromatic carbocycles. The van der Waals surface area contributed by atoms with Crippen LogP contribution in [-0.4, -0.2) is 13.4 Å². The summed E-state index contributed by atoms with van der Waals surface area (Å²) in [5, 5.41) is 5.63. The Labute approximate surface area is 174 Å². The maximum absolute atomic E-state index is 14.4. The highest BCUT2D eigenvalue weighted by atomic mass is 35.5. The van der Waals surface area contributed by atoms with Gasteiger partial charge in [-0.05, 0) is 35.9 Å². The van der Waals surface area contributed by atoms with E-state index >= 15 is 0 Å². The number of benzene rings is 2. The van der Waals surface area contributed by atoms with Crippen molar-refractivity contribution in [1.82, 2.24) is 4.98 Å². The summed E-state index contributed by atoms with van der Waals surface area (Å²) in [6, 6.07) is 7.04. The van der Waals surface area contributed by atoms with Gasteiger partial charge < -0.3 is 5.32 Å². The molecule has 1 aromatic heterocycles. The van der Waals surface area contributed by atoms with E-state index in [2.05, 4.69) is 15.0 Å². The Balaban J connectivity index is 1.82. The maximum atomic E-state index is 14.4. The molecule has 0 aliphatic rings. The zero-order valence-electron chi connectivity index (χ0n) is 13.3. The fourth-order valence-electron chi connectivity index (χ4n) is 2.22. The summed E-state index contributed by atoms with van der Waals surface area (Å²) in [6.45, 7) is 0.267. The Morgan fingerprint density at radius 3 is 2.41 bits per heavy atom. The van der Waals surface area contributed by atoms with Crippen molar-refractivity contribution >= 4 is 67.0 Å². The van der Waals surface area contributed by atoms with Crippen molar-refractivity contribution < 1.29 is 12.8 Å². The van der Waals surface area contributed by atoms with E-state index in [9.17, 15) is 12.8 Å². The molecule has 5 nitrogen and oxygen atoms in total. The first kappa shape index (κ1) is 20.2. The number of aromatic nitrogens is 1. The zero-order chi connectivity index (χ0) is 19.6. The molecule has 2 N–H and O–H groups in total. The van der Waals surface area contributed by atoms with Crippen LogP contribution in [0.5, 0.6) is 0 Å². The minimum absolute atomic E-state index is 0.0454. The minimum Gasteiger partial charge on any atom is -0.380 e. The van der Waals surface area contributed by atoms with Crippen molar-refractivity contribution in [2.75, 3.05) is 10.0 Å². The van der Waals surface area contributed by atoms with Crippen molar-refractivity contribution in [1.29, 1.82) is 0 Å². The highest BCUT2D eigenvalue weighted by Gasteiger charge is 2.22. The topological polar surface area (TPSA) is 71.1 Å². The summed E-state index contributed by atoms with van der Waals surface area (Å²) in [5.74, 6) is -0.949. The Morgan fingerprint density at radius 2 is 1.78 bits per heavy atom. The van der Waals surface area contributed by atoms with Crippen LogP contribution in [0.3, 0.4) is 0 Å². The summed E-state index contributed by atoms with van der Waals surface area (Å²) < 4.78 is 41.3. The summed E-state index contributed by atoms with van der Waals surface area (Å²) >= 11 is 19.1. The number of hydrogen-bond donors (Lipinski definition) is 2. The van der Waals surface area contributed by atoms with Gasteiger partial charge in [-0.15, -0.1) is 11.3 Å². The van der Waals surface area contributed by atoms with Gasteiger partial charge in [0.1, 0.15) is 10.7 Å². The molecule has 3 aromatic rings. The lowest BCUT2D eigenvalue weighted by molar-refractivity contribution is 0.570. The number of sulfonamides is 1. The van der Waals surface area contributed by atoms with Crippen LogP contribution in [0.4, 0.5) is 15.2 Å². The van der Waals surface area contributed by atoms with E-state index in [1.807, 2.05) is 0 Å². The van der Waals surface area contributed by atoms with Crippen LogP contribution in [0.15, 0.2) is 46.8 Å². The molecule has 0 amide bonds. The van der Waals surface area contributed by atoms with Gasteiger partial charge in [0.15, 0.2) is 5.13 Å². The first-order valence-electron chi connectivity index (χ1n) is 7.35. The average molecular weight is 467 g/mol. The van der Waals surface area contributed by atoms with E-state index in [1.165, 1.54) is 6.20 Å². The second-order valence-electron chi connectivity index (χ2n) is 5.34. The average Bonchev–Trinajstić information content (AvgIpc) is 3.06. The molecular weight excluding hydrogens is 456 g/mol. The third-order valence-corrected chi connectivity index (χ3v) is 6.29. The summed E-state index contributed by atoms with van der Waals surface area (Å²) in [6.07, 6.45) is 1.43. The van der Waals surface area contributed by atoms with E-state index in [1.54, 1.807) is 23.6 Å². The van der Waals surface area contributed by atoms with E-state index in [4.69, 9.17) is 34.8 Å². The number of halogens is 4. The lowest BCUT2D eigenvalue weighted by atomic mass is 10.2. The normalized spacial score (nSPS) is 11.4. The first-order valence-corrected chi connectivity index (χ1v) is 10.8. The minimum atomic E-state index is -4.16. The maximum Gasteiger partial charge on any atom is 0.266 e. The molecule has 0 bridgehead atoms. The summed E-state index contributed by atoms with van der Waals surface area (Å²) in [7, 11) is -4.16. The zero-order valence-corrected chi connectivity index (χ0v) is 17.2. The van der Waals surface area contributed by atoms with E-state index < -0.39 is 20.7 Å². The van der Waals surface area contributed by atoms with Gasteiger partial charge in [0.05, 0.1) is 10.7 Å². The molecule has 1 heterocycles. The van der Waals surface area contributed by atoms with Crippen molar-refractivity contribution in [3.05, 3.63) is 68.4 Å². The number of rotatable bonds is 6. The van der Waals surface area contributed by atoms with Gasteiger partial charge in [-0.2, -0.15) is 0 Å². The smallest absolute Gasteiger partial charge is 0.266 e. The predicted molar refractivity (Wildman–Crippen MR) is 108 cm³/mol. The van der Waals surface area contributed by atoms with Gasteiger partial charge in [0.25, 0.3) is 10.0 Å². The molecule has 0 atom stereocenters. The second-order valence-corrected chi connectivity index (χ2v) is 9.16. The quantitative estimate of drug-likeness (QED) is 0.492. The molecule has 0 unspecified atom stereocenters. The van der Waals surface area contributed by atoms with Crippen LogP contribution in [0.25, 0.3) is 0 Å². The Hall–Kier alpha value is -1.58. The van der Waals surface area contributed by atoms with Gasteiger partial charge in [-0.25, -0.2) is 17.8 Å². The lowest BCUT2D eigenvalue weighted by Gasteiger charge is -2.12. The predicted octanol–water partition coefficient (Wildman–Crippen LogP) is 5.66. The fourth-order valence-corrected chi connectivity index (χ4v) is 4.97. The Kier molecular flexibility index (Phi) is 6.12. The molecule has 142 valence electrons. The highest BCUT2D eigenvalue weighted by molar-refractivity contribution is 7.93. The standard InChI is InChI=1S/C16H11Cl3FN3O2S2/c17-10-3-9(4-11(18)5-10)8-22-14-7-13(20)15(6-12(14)19)27(24,25)23-16-21-1-2-26-16/h1-7,22H,8H2,(H,21,23). The van der Waals surface area contributed by atoms with Crippen LogP contribution in [0, 0.1) is 5.82 Å². The lowest BCUT2D eigenvalue weighted by Crippen LogP contribution is -2.15. The van der Waals surface area contributed by atoms with Crippen LogP contribution >= 0.6 is 46.1 Å². The number of thiazole rings is 1. The Bertz CT molecular complexity index is 1060. The van der Waals surface area contributed by atoms with Gasteiger partial charge in [0.2, 0.25) is 0 Å². The van der Waals surface area contributed by atoms with Crippen LogP contribution in [-0.2, 0) is 16.6 Å². The van der Waals surface area contributed by atoms with Crippen molar-refractivity contribution in [3.8, 4) is 0 Å². The first-order chi connectivity index (χ1) is 12.7. The summed E-state index contributed by atoms with van der Waals surface area (Å²) in [4.78, 5) is 3.24. The number of nitrogens with one attached hydrogen (secondary N) is 2. The third-order valence-electron chi connectivity index (χ3n) is 3.37. The molecule has 0 saturated heterocycles. The van der Waals surface area contributed by atoms with Gasteiger partial charge in [-0.1, -0.05) is 34.8 Å². The molecule has 0 spiro atoms. The van der Waals surface area contributed by atoms with Gasteiger partial charge in [0, 0.05) is 28.2 Å². The largest absolute Gasteiger partial charge is 0.380 e.